The van der Waals surface area contributed by atoms with Crippen LogP contribution in [0.5, 0.6) is 0 Å². The summed E-state index contributed by atoms with van der Waals surface area (Å²) in [6.45, 7) is 1.05. The maximum Gasteiger partial charge on any atom is 0.214 e. The number of nitrogens with zero attached hydrogens (tertiary/aromatic N) is 1. The van der Waals surface area contributed by atoms with Crippen molar-refractivity contribution in [2.45, 2.75) is 44.9 Å². The summed E-state index contributed by atoms with van der Waals surface area (Å²) in [6, 6.07) is 0. The van der Waals surface area contributed by atoms with Gasteiger partial charge in [-0.2, -0.15) is 0 Å². The van der Waals surface area contributed by atoms with E-state index in [-0.39, 0.29) is 11.8 Å². The molecular weight excluding hydrogens is 262 g/mol. The van der Waals surface area contributed by atoms with Crippen LogP contribution < -0.4 is 5.73 Å². The van der Waals surface area contributed by atoms with E-state index < -0.39 is 10.0 Å². The normalized spacial score (nSPS) is 24.4. The molecule has 2 fully saturated rings. The van der Waals surface area contributed by atoms with Crippen LogP contribution in [0.1, 0.15) is 44.9 Å². The number of rotatable bonds is 4. The summed E-state index contributed by atoms with van der Waals surface area (Å²) in [5.74, 6) is 0.937. The van der Waals surface area contributed by atoms with Crippen molar-refractivity contribution in [1.82, 2.24) is 4.31 Å². The molecule has 0 atom stereocenters. The number of nitrogens with one attached hydrogen (secondary N) is 1. The number of sulfonamides is 1. The standard InChI is InChI=1S/C13H25N3O2S/c14-13(15)12-6-8-16(9-7-12)19(17,18)10-11-4-2-1-3-5-11/h11-12H,1-10H2,(H3,14,15). The molecule has 0 unspecified atom stereocenters. The molecule has 0 aromatic heterocycles. The van der Waals surface area contributed by atoms with Gasteiger partial charge in [-0.25, -0.2) is 12.7 Å². The molecule has 0 aromatic rings. The van der Waals surface area contributed by atoms with E-state index in [1.807, 2.05) is 0 Å². The van der Waals surface area contributed by atoms with Crippen LogP contribution in [0.3, 0.4) is 0 Å². The summed E-state index contributed by atoms with van der Waals surface area (Å²) in [7, 11) is -3.11. The van der Waals surface area contributed by atoms with Gasteiger partial charge < -0.3 is 5.73 Å². The van der Waals surface area contributed by atoms with Crippen molar-refractivity contribution in [3.63, 3.8) is 0 Å². The Hall–Kier alpha value is -0.620. The Morgan fingerprint density at radius 3 is 2.21 bits per heavy atom. The van der Waals surface area contributed by atoms with Crippen molar-refractivity contribution in [2.24, 2.45) is 17.6 Å². The average molecular weight is 287 g/mol. The number of nitrogens with two attached hydrogens (primary N) is 1. The molecule has 1 aliphatic carbocycles. The van der Waals surface area contributed by atoms with Crippen LogP contribution >= 0.6 is 0 Å². The highest BCUT2D eigenvalue weighted by Crippen LogP contribution is 2.27. The fraction of sp³-hybridized carbons (Fsp3) is 0.923. The highest BCUT2D eigenvalue weighted by Gasteiger charge is 2.31. The van der Waals surface area contributed by atoms with E-state index in [1.54, 1.807) is 4.31 Å². The SMILES string of the molecule is N=C(N)C1CCN(S(=O)(=O)CC2CCCCC2)CC1. The third-order valence-electron chi connectivity index (χ3n) is 4.46. The number of hydrogen-bond donors (Lipinski definition) is 2. The molecule has 2 aliphatic rings. The summed E-state index contributed by atoms with van der Waals surface area (Å²) < 4.78 is 26.4. The lowest BCUT2D eigenvalue weighted by molar-refractivity contribution is 0.307. The van der Waals surface area contributed by atoms with Crippen molar-refractivity contribution >= 4 is 15.9 Å². The van der Waals surface area contributed by atoms with Crippen LogP contribution in [0.15, 0.2) is 0 Å². The minimum atomic E-state index is -3.11. The lowest BCUT2D eigenvalue weighted by Crippen LogP contribution is -2.43. The van der Waals surface area contributed by atoms with Gasteiger partial charge in [0.15, 0.2) is 0 Å². The first kappa shape index (κ1) is 14.8. The quantitative estimate of drug-likeness (QED) is 0.607. The molecule has 110 valence electrons. The monoisotopic (exact) mass is 287 g/mol. The molecule has 0 bridgehead atoms. The first-order chi connectivity index (χ1) is 8.99. The van der Waals surface area contributed by atoms with Gasteiger partial charge in [0.1, 0.15) is 0 Å². The molecule has 6 heteroatoms. The Morgan fingerprint density at radius 2 is 1.68 bits per heavy atom. The molecule has 0 radical (unpaired) electrons. The highest BCUT2D eigenvalue weighted by molar-refractivity contribution is 7.89. The Bertz CT molecular complexity index is 408. The predicted molar refractivity (Wildman–Crippen MR) is 76.6 cm³/mol. The Kier molecular flexibility index (Phi) is 4.84. The van der Waals surface area contributed by atoms with Crippen LogP contribution in [0.4, 0.5) is 0 Å². The second-order valence-corrected chi connectivity index (χ2v) is 7.92. The van der Waals surface area contributed by atoms with E-state index in [4.69, 9.17) is 11.1 Å². The van der Waals surface area contributed by atoms with Crippen molar-refractivity contribution < 1.29 is 8.42 Å². The van der Waals surface area contributed by atoms with Crippen molar-refractivity contribution in [1.29, 1.82) is 5.41 Å². The van der Waals surface area contributed by atoms with Gasteiger partial charge in [-0.05, 0) is 31.6 Å². The summed E-state index contributed by atoms with van der Waals surface area (Å²) in [6.07, 6.45) is 7.10. The minimum absolute atomic E-state index is 0.0705. The third kappa shape index (κ3) is 3.92. The van der Waals surface area contributed by atoms with Crippen LogP contribution in [0.25, 0.3) is 0 Å². The molecule has 19 heavy (non-hydrogen) atoms. The first-order valence-electron chi connectivity index (χ1n) is 7.31. The van der Waals surface area contributed by atoms with Gasteiger partial charge >= 0.3 is 0 Å². The molecule has 5 nitrogen and oxygen atoms in total. The third-order valence-corrected chi connectivity index (χ3v) is 6.50. The van der Waals surface area contributed by atoms with E-state index in [0.717, 1.165) is 12.8 Å². The van der Waals surface area contributed by atoms with Crippen molar-refractivity contribution in [2.75, 3.05) is 18.8 Å². The molecular formula is C13H25N3O2S. The maximum absolute atomic E-state index is 12.4. The number of amidine groups is 1. The smallest absolute Gasteiger partial charge is 0.214 e. The summed E-state index contributed by atoms with van der Waals surface area (Å²) in [5, 5.41) is 7.43. The van der Waals surface area contributed by atoms with Gasteiger partial charge in [0.2, 0.25) is 10.0 Å². The molecule has 0 amide bonds. The molecule has 0 aromatic carbocycles. The molecule has 2 rings (SSSR count). The lowest BCUT2D eigenvalue weighted by atomic mass is 9.91. The van der Waals surface area contributed by atoms with E-state index >= 15 is 0 Å². The predicted octanol–water partition coefficient (Wildman–Crippen LogP) is 1.54. The van der Waals surface area contributed by atoms with Crippen LogP contribution in [-0.4, -0.2) is 37.4 Å². The highest BCUT2D eigenvalue weighted by atomic mass is 32.2. The molecule has 0 spiro atoms. The van der Waals surface area contributed by atoms with Crippen LogP contribution in [0, 0.1) is 17.2 Å². The molecule has 1 heterocycles. The summed E-state index contributed by atoms with van der Waals surface area (Å²) >= 11 is 0. The number of piperidine rings is 1. The van der Waals surface area contributed by atoms with E-state index in [2.05, 4.69) is 0 Å². The second-order valence-electron chi connectivity index (χ2n) is 5.91. The van der Waals surface area contributed by atoms with Gasteiger partial charge in [0, 0.05) is 19.0 Å². The van der Waals surface area contributed by atoms with Gasteiger partial charge in [0.25, 0.3) is 0 Å². The Morgan fingerprint density at radius 1 is 1.11 bits per heavy atom. The van der Waals surface area contributed by atoms with E-state index in [0.29, 0.717) is 37.6 Å². The topological polar surface area (TPSA) is 87.2 Å². The maximum atomic E-state index is 12.4. The zero-order valence-corrected chi connectivity index (χ0v) is 12.3. The summed E-state index contributed by atoms with van der Waals surface area (Å²) in [4.78, 5) is 0. The molecule has 1 saturated carbocycles. The Balaban J connectivity index is 1.88. The van der Waals surface area contributed by atoms with E-state index in [9.17, 15) is 8.42 Å². The van der Waals surface area contributed by atoms with Gasteiger partial charge in [-0.3, -0.25) is 5.41 Å². The fourth-order valence-corrected chi connectivity index (χ4v) is 5.11. The molecule has 1 aliphatic heterocycles. The van der Waals surface area contributed by atoms with Gasteiger partial charge in [-0.15, -0.1) is 0 Å². The average Bonchev–Trinajstić information content (AvgIpc) is 2.39. The second kappa shape index (κ2) is 6.22. The summed E-state index contributed by atoms with van der Waals surface area (Å²) in [5.41, 5.74) is 5.49. The van der Waals surface area contributed by atoms with Crippen molar-refractivity contribution in [3.8, 4) is 0 Å². The Labute approximate surface area is 116 Å². The number of hydrogen-bond acceptors (Lipinski definition) is 3. The molecule has 1 saturated heterocycles. The zero-order valence-electron chi connectivity index (χ0n) is 11.5. The van der Waals surface area contributed by atoms with E-state index in [1.165, 1.54) is 19.3 Å². The first-order valence-corrected chi connectivity index (χ1v) is 8.91. The minimum Gasteiger partial charge on any atom is -0.387 e. The van der Waals surface area contributed by atoms with Crippen LogP contribution in [-0.2, 0) is 10.0 Å². The van der Waals surface area contributed by atoms with Gasteiger partial charge in [-0.1, -0.05) is 19.3 Å². The van der Waals surface area contributed by atoms with Gasteiger partial charge in [0.05, 0.1) is 11.6 Å². The zero-order chi connectivity index (χ0) is 13.9. The molecule has 3 N–H and O–H groups in total. The van der Waals surface area contributed by atoms with Crippen LogP contribution in [0.2, 0.25) is 0 Å². The lowest BCUT2D eigenvalue weighted by Gasteiger charge is -2.32. The largest absolute Gasteiger partial charge is 0.387 e. The fourth-order valence-electron chi connectivity index (χ4n) is 3.20. The van der Waals surface area contributed by atoms with Crippen molar-refractivity contribution in [3.05, 3.63) is 0 Å².